The summed E-state index contributed by atoms with van der Waals surface area (Å²) in [5.74, 6) is 1.16. The van der Waals surface area contributed by atoms with Gasteiger partial charge in [-0.3, -0.25) is 10.2 Å². The van der Waals surface area contributed by atoms with Crippen molar-refractivity contribution in [3.8, 4) is 28.3 Å². The lowest BCUT2D eigenvalue weighted by molar-refractivity contribution is -0.112. The molecule has 0 saturated heterocycles. The summed E-state index contributed by atoms with van der Waals surface area (Å²) >= 11 is 7.22. The van der Waals surface area contributed by atoms with Crippen LogP contribution in [0.25, 0.3) is 22.4 Å². The molecular formula is C35H37ClN4O2. The number of hydrogen-bond acceptors (Lipinski definition) is 5. The summed E-state index contributed by atoms with van der Waals surface area (Å²) < 4.78 is 5.73. The lowest BCUT2D eigenvalue weighted by Gasteiger charge is -2.25. The van der Waals surface area contributed by atoms with Crippen LogP contribution in [0.4, 0.5) is 5.69 Å². The van der Waals surface area contributed by atoms with Gasteiger partial charge in [-0.2, -0.15) is 5.10 Å². The van der Waals surface area contributed by atoms with Gasteiger partial charge in [0, 0.05) is 28.6 Å². The number of pyridine rings is 1. The van der Waals surface area contributed by atoms with Crippen molar-refractivity contribution in [2.75, 3.05) is 12.4 Å². The number of fused-ring (bicyclic) bond motifs is 1. The van der Waals surface area contributed by atoms with E-state index in [1.807, 2.05) is 24.3 Å². The smallest absolute Gasteiger partial charge is 0.257 e. The van der Waals surface area contributed by atoms with Crippen molar-refractivity contribution < 1.29 is 9.53 Å². The lowest BCUT2D eigenvalue weighted by Crippen LogP contribution is -2.26. The number of rotatable bonds is 7. The van der Waals surface area contributed by atoms with Gasteiger partial charge in [0.25, 0.3) is 5.91 Å². The first kappa shape index (κ1) is 28.2. The second-order valence-electron chi connectivity index (χ2n) is 11.5. The molecule has 6 rings (SSSR count). The summed E-state index contributed by atoms with van der Waals surface area (Å²) in [6.45, 7) is 6.58. The highest BCUT2D eigenvalue weighted by Gasteiger charge is 2.27. The van der Waals surface area contributed by atoms with Crippen LogP contribution in [-0.2, 0) is 11.2 Å². The molecule has 3 aromatic rings. The van der Waals surface area contributed by atoms with E-state index in [9.17, 15) is 4.79 Å². The van der Waals surface area contributed by atoms with Crippen molar-refractivity contribution in [3.63, 3.8) is 0 Å². The SMILES string of the molecule is CCC(C)c1c(NC(=O)C2=CC=NNC2=C2CCC2)cccc1-c1cccc(-c2cc3c(c(OC)n2)C(C)CC3)c1Cl. The molecule has 0 radical (unpaired) electrons. The minimum atomic E-state index is -0.145. The molecule has 7 heteroatoms. The number of aryl methyl sites for hydroxylation is 1. The molecule has 1 aliphatic heterocycles. The lowest BCUT2D eigenvalue weighted by atomic mass is 9.87. The zero-order valence-corrected chi connectivity index (χ0v) is 25.4. The molecule has 2 aromatic carbocycles. The Kier molecular flexibility index (Phi) is 7.91. The molecule has 0 spiro atoms. The fourth-order valence-electron chi connectivity index (χ4n) is 6.32. The summed E-state index contributed by atoms with van der Waals surface area (Å²) in [4.78, 5) is 18.6. The third-order valence-electron chi connectivity index (χ3n) is 8.98. The average molecular weight is 581 g/mol. The quantitative estimate of drug-likeness (QED) is 0.293. The Labute approximate surface area is 252 Å². The number of amides is 1. The minimum absolute atomic E-state index is 0.145. The predicted octanol–water partition coefficient (Wildman–Crippen LogP) is 8.53. The third-order valence-corrected chi connectivity index (χ3v) is 9.39. The molecule has 2 aliphatic carbocycles. The van der Waals surface area contributed by atoms with Crippen LogP contribution >= 0.6 is 11.6 Å². The van der Waals surface area contributed by atoms with Gasteiger partial charge in [-0.15, -0.1) is 0 Å². The van der Waals surface area contributed by atoms with Crippen LogP contribution in [-0.4, -0.2) is 24.2 Å². The third kappa shape index (κ3) is 5.02. The van der Waals surface area contributed by atoms with E-state index in [2.05, 4.69) is 54.8 Å². The van der Waals surface area contributed by atoms with Crippen molar-refractivity contribution >= 4 is 29.4 Å². The largest absolute Gasteiger partial charge is 0.481 e. The van der Waals surface area contributed by atoms with Crippen molar-refractivity contribution in [2.45, 2.75) is 71.1 Å². The molecule has 1 saturated carbocycles. The van der Waals surface area contributed by atoms with E-state index in [4.69, 9.17) is 21.3 Å². The first-order chi connectivity index (χ1) is 20.4. The van der Waals surface area contributed by atoms with E-state index in [0.29, 0.717) is 22.4 Å². The number of hydrogen-bond donors (Lipinski definition) is 2. The number of hydrazone groups is 1. The van der Waals surface area contributed by atoms with Gasteiger partial charge >= 0.3 is 0 Å². The normalized spacial score (nSPS) is 18.1. The van der Waals surface area contributed by atoms with Crippen LogP contribution in [0.3, 0.4) is 0 Å². The molecule has 2 N–H and O–H groups in total. The maximum absolute atomic E-state index is 13.7. The summed E-state index contributed by atoms with van der Waals surface area (Å²) in [6.07, 6.45) is 9.58. The molecule has 3 aliphatic rings. The van der Waals surface area contributed by atoms with Crippen LogP contribution in [0.15, 0.2) is 70.5 Å². The molecule has 1 aromatic heterocycles. The number of benzene rings is 2. The van der Waals surface area contributed by atoms with Crippen LogP contribution in [0, 0.1) is 0 Å². The molecule has 216 valence electrons. The topological polar surface area (TPSA) is 75.6 Å². The van der Waals surface area contributed by atoms with Crippen LogP contribution in [0.1, 0.15) is 81.4 Å². The van der Waals surface area contributed by atoms with Crippen molar-refractivity contribution in [1.29, 1.82) is 0 Å². The standard InChI is InChI=1S/C35H37ClN4O2/c1-5-20(2)31-24(11-8-14-28(31)38-34(41)27-17-18-37-40-33(27)22-9-6-10-22)25-12-7-13-26(32(25)36)29-19-23-16-15-21(3)30(23)35(39-29)42-4/h7-8,11-14,17-21,40H,5-6,9-10,15-16H2,1-4H3,(H,38,41). The van der Waals surface area contributed by atoms with E-state index in [1.54, 1.807) is 19.4 Å². The van der Waals surface area contributed by atoms with E-state index in [1.165, 1.54) is 16.7 Å². The van der Waals surface area contributed by atoms with Gasteiger partial charge in [0.05, 0.1) is 29.1 Å². The highest BCUT2D eigenvalue weighted by molar-refractivity contribution is 6.36. The fourth-order valence-corrected chi connectivity index (χ4v) is 6.64. The molecule has 1 fully saturated rings. The van der Waals surface area contributed by atoms with Crippen LogP contribution in [0.2, 0.25) is 5.02 Å². The number of aromatic nitrogens is 1. The van der Waals surface area contributed by atoms with Gasteiger partial charge in [0.2, 0.25) is 5.88 Å². The fraction of sp³-hybridized carbons (Fsp3) is 0.343. The first-order valence-corrected chi connectivity index (χ1v) is 15.3. The second kappa shape index (κ2) is 11.8. The van der Waals surface area contributed by atoms with Crippen molar-refractivity contribution in [2.24, 2.45) is 5.10 Å². The Morgan fingerprint density at radius 3 is 2.64 bits per heavy atom. The Bertz CT molecular complexity index is 1650. The van der Waals surface area contributed by atoms with Gasteiger partial charge < -0.3 is 10.1 Å². The highest BCUT2D eigenvalue weighted by Crippen LogP contribution is 2.45. The molecular weight excluding hydrogens is 544 g/mol. The molecule has 0 bridgehead atoms. The zero-order chi connectivity index (χ0) is 29.4. The minimum Gasteiger partial charge on any atom is -0.481 e. The molecule has 6 nitrogen and oxygen atoms in total. The van der Waals surface area contributed by atoms with E-state index in [0.717, 1.165) is 77.9 Å². The van der Waals surface area contributed by atoms with E-state index >= 15 is 0 Å². The average Bonchev–Trinajstić information content (AvgIpc) is 3.36. The van der Waals surface area contributed by atoms with Crippen molar-refractivity contribution in [1.82, 2.24) is 10.4 Å². The summed E-state index contributed by atoms with van der Waals surface area (Å²) in [5.41, 5.74) is 13.7. The predicted molar refractivity (Wildman–Crippen MR) is 171 cm³/mol. The van der Waals surface area contributed by atoms with Crippen LogP contribution in [0.5, 0.6) is 5.88 Å². The molecule has 42 heavy (non-hydrogen) atoms. The Morgan fingerprint density at radius 2 is 1.90 bits per heavy atom. The van der Waals surface area contributed by atoms with Gasteiger partial charge in [0.15, 0.2) is 0 Å². The molecule has 1 amide bonds. The van der Waals surface area contributed by atoms with Gasteiger partial charge in [-0.1, -0.05) is 62.7 Å². The first-order valence-electron chi connectivity index (χ1n) is 14.9. The number of carbonyl (C=O) groups excluding carboxylic acids is 1. The van der Waals surface area contributed by atoms with Crippen molar-refractivity contribution in [3.05, 3.63) is 87.1 Å². The number of allylic oxidation sites excluding steroid dienone is 2. The maximum atomic E-state index is 13.7. The molecule has 2 heterocycles. The monoisotopic (exact) mass is 580 g/mol. The second-order valence-corrected chi connectivity index (χ2v) is 11.9. The molecule has 2 unspecified atom stereocenters. The van der Waals surface area contributed by atoms with Gasteiger partial charge in [0.1, 0.15) is 0 Å². The van der Waals surface area contributed by atoms with Crippen LogP contribution < -0.4 is 15.5 Å². The number of anilines is 1. The van der Waals surface area contributed by atoms with Gasteiger partial charge in [-0.05, 0) is 90.8 Å². The number of methoxy groups -OCH3 is 1. The Morgan fingerprint density at radius 1 is 1.14 bits per heavy atom. The number of nitrogens with zero attached hydrogens (tertiary/aromatic N) is 2. The summed E-state index contributed by atoms with van der Waals surface area (Å²) in [6, 6.07) is 14.3. The highest BCUT2D eigenvalue weighted by atomic mass is 35.5. The van der Waals surface area contributed by atoms with Gasteiger partial charge in [-0.25, -0.2) is 4.98 Å². The van der Waals surface area contributed by atoms with E-state index < -0.39 is 0 Å². The number of carbonyl (C=O) groups is 1. The maximum Gasteiger partial charge on any atom is 0.257 e. The number of nitrogens with one attached hydrogen (secondary N) is 2. The Hall–Kier alpha value is -3.90. The summed E-state index contributed by atoms with van der Waals surface area (Å²) in [5, 5.41) is 8.05. The summed E-state index contributed by atoms with van der Waals surface area (Å²) in [7, 11) is 1.69. The molecule has 2 atom stereocenters. The zero-order valence-electron chi connectivity index (χ0n) is 24.7. The Balaban J connectivity index is 1.41. The van der Waals surface area contributed by atoms with E-state index in [-0.39, 0.29) is 11.8 Å². The number of halogens is 1. The number of ether oxygens (including phenoxy) is 1.